The molecule has 9 nitrogen and oxygen atoms in total. The number of ether oxygens (including phenoxy) is 1. The van der Waals surface area contributed by atoms with E-state index >= 15 is 0 Å². The summed E-state index contributed by atoms with van der Waals surface area (Å²) in [5.74, 6) is -0.421. The number of benzene rings is 1. The fourth-order valence-corrected chi connectivity index (χ4v) is 8.14. The first-order valence-corrected chi connectivity index (χ1v) is 15.8. The Balaban J connectivity index is 1.37. The Morgan fingerprint density at radius 1 is 0.974 bits per heavy atom. The third-order valence-electron chi connectivity index (χ3n) is 7.64. The largest absolute Gasteiger partial charge is 0.378 e. The molecule has 0 spiro atoms. The average molecular weight is 561 g/mol. The van der Waals surface area contributed by atoms with Crippen molar-refractivity contribution in [3.05, 3.63) is 45.8 Å². The van der Waals surface area contributed by atoms with Crippen molar-refractivity contribution in [2.75, 3.05) is 57.8 Å². The molecule has 2 fully saturated rings. The number of carbonyl (C=O) groups is 2. The Bertz CT molecular complexity index is 1260. The molecule has 0 radical (unpaired) electrons. The zero-order chi connectivity index (χ0) is 26.7. The van der Waals surface area contributed by atoms with Crippen molar-refractivity contribution < 1.29 is 22.7 Å². The minimum absolute atomic E-state index is 0.0649. The van der Waals surface area contributed by atoms with E-state index in [9.17, 15) is 18.0 Å². The molecule has 38 heavy (non-hydrogen) atoms. The third kappa shape index (κ3) is 5.67. The van der Waals surface area contributed by atoms with Crippen molar-refractivity contribution in [3.63, 3.8) is 0 Å². The van der Waals surface area contributed by atoms with Crippen LogP contribution in [0.4, 0.5) is 5.00 Å². The van der Waals surface area contributed by atoms with Gasteiger partial charge in [-0.3, -0.25) is 14.5 Å². The molecule has 0 aliphatic carbocycles. The number of rotatable bonds is 6. The van der Waals surface area contributed by atoms with Crippen LogP contribution in [0.1, 0.15) is 63.8 Å². The van der Waals surface area contributed by atoms with E-state index in [4.69, 9.17) is 4.74 Å². The number of fused-ring (bicyclic) bond motifs is 1. The number of sulfonamides is 1. The number of anilines is 1. The summed E-state index contributed by atoms with van der Waals surface area (Å²) in [7, 11) is -3.59. The van der Waals surface area contributed by atoms with Gasteiger partial charge in [0.2, 0.25) is 10.0 Å². The summed E-state index contributed by atoms with van der Waals surface area (Å²) in [6.07, 6.45) is 4.59. The first kappa shape index (κ1) is 27.3. The van der Waals surface area contributed by atoms with Gasteiger partial charge in [0, 0.05) is 49.7 Å². The van der Waals surface area contributed by atoms with Gasteiger partial charge in [0.05, 0.1) is 23.7 Å². The maximum absolute atomic E-state index is 13.6. The van der Waals surface area contributed by atoms with E-state index in [0.717, 1.165) is 62.2 Å². The number of nitrogens with zero attached hydrogens (tertiary/aromatic N) is 3. The Morgan fingerprint density at radius 3 is 2.32 bits per heavy atom. The Morgan fingerprint density at radius 2 is 1.66 bits per heavy atom. The van der Waals surface area contributed by atoms with E-state index in [-0.39, 0.29) is 16.7 Å². The molecule has 1 aromatic carbocycles. The van der Waals surface area contributed by atoms with Gasteiger partial charge in [-0.1, -0.05) is 19.8 Å². The van der Waals surface area contributed by atoms with Crippen LogP contribution in [0, 0.1) is 0 Å². The van der Waals surface area contributed by atoms with Crippen molar-refractivity contribution >= 4 is 38.2 Å². The summed E-state index contributed by atoms with van der Waals surface area (Å²) in [4.78, 5) is 32.3. The molecule has 2 saturated heterocycles. The molecule has 0 atom stereocenters. The number of nitrogens with one attached hydrogen (secondary N) is 1. The maximum Gasteiger partial charge on any atom is 0.257 e. The number of hydrogen-bond acceptors (Lipinski definition) is 7. The molecule has 5 rings (SSSR count). The summed E-state index contributed by atoms with van der Waals surface area (Å²) < 4.78 is 33.2. The lowest BCUT2D eigenvalue weighted by Crippen LogP contribution is -2.41. The van der Waals surface area contributed by atoms with Gasteiger partial charge in [0.25, 0.3) is 11.8 Å². The lowest BCUT2D eigenvalue weighted by molar-refractivity contribution is 0.0303. The Kier molecular flexibility index (Phi) is 8.49. The molecule has 1 aromatic heterocycles. The Labute approximate surface area is 228 Å². The predicted octanol–water partition coefficient (Wildman–Crippen LogP) is 3.42. The molecule has 4 heterocycles. The minimum Gasteiger partial charge on any atom is -0.378 e. The smallest absolute Gasteiger partial charge is 0.257 e. The molecule has 206 valence electrons. The molecule has 0 bridgehead atoms. The van der Waals surface area contributed by atoms with Gasteiger partial charge < -0.3 is 15.0 Å². The first-order valence-electron chi connectivity index (χ1n) is 13.5. The number of amides is 2. The van der Waals surface area contributed by atoms with E-state index < -0.39 is 10.0 Å². The molecule has 3 aliphatic rings. The molecular formula is C27H36N4O5S2. The molecule has 0 unspecified atom stereocenters. The van der Waals surface area contributed by atoms with Crippen LogP contribution in [0.2, 0.25) is 0 Å². The van der Waals surface area contributed by atoms with E-state index in [1.807, 2.05) is 0 Å². The van der Waals surface area contributed by atoms with Crippen molar-refractivity contribution in [2.45, 2.75) is 50.5 Å². The number of carbonyl (C=O) groups excluding carboxylic acids is 2. The second kappa shape index (κ2) is 11.8. The molecular weight excluding hydrogens is 524 g/mol. The van der Waals surface area contributed by atoms with Gasteiger partial charge in [-0.05, 0) is 55.6 Å². The molecule has 2 aromatic rings. The molecule has 11 heteroatoms. The van der Waals surface area contributed by atoms with Crippen molar-refractivity contribution in [1.82, 2.24) is 14.1 Å². The highest BCUT2D eigenvalue weighted by Crippen LogP contribution is 2.38. The lowest BCUT2D eigenvalue weighted by Gasteiger charge is -2.29. The number of morpholine rings is 1. The number of hydrogen-bond donors (Lipinski definition) is 1. The first-order chi connectivity index (χ1) is 18.4. The minimum atomic E-state index is -3.59. The van der Waals surface area contributed by atoms with Crippen LogP contribution >= 0.6 is 11.3 Å². The van der Waals surface area contributed by atoms with Crippen LogP contribution in [-0.2, 0) is 27.7 Å². The predicted molar refractivity (Wildman–Crippen MR) is 147 cm³/mol. The zero-order valence-corrected chi connectivity index (χ0v) is 23.5. The average Bonchev–Trinajstić information content (AvgIpc) is 3.09. The quantitative estimate of drug-likeness (QED) is 0.581. The van der Waals surface area contributed by atoms with Crippen molar-refractivity contribution in [2.24, 2.45) is 0 Å². The fraction of sp³-hybridized carbons (Fsp3) is 0.556. The number of likely N-dealkylation sites (N-methyl/N-ethyl adjacent to an activating group) is 1. The van der Waals surface area contributed by atoms with Gasteiger partial charge in [-0.2, -0.15) is 4.31 Å². The van der Waals surface area contributed by atoms with Crippen LogP contribution in [-0.4, -0.2) is 86.8 Å². The van der Waals surface area contributed by atoms with Crippen LogP contribution < -0.4 is 5.32 Å². The highest BCUT2D eigenvalue weighted by atomic mass is 32.2. The molecule has 1 N–H and O–H groups in total. The molecule has 2 amide bonds. The van der Waals surface area contributed by atoms with Crippen LogP contribution in [0.5, 0.6) is 0 Å². The monoisotopic (exact) mass is 560 g/mol. The van der Waals surface area contributed by atoms with Crippen LogP contribution in [0.25, 0.3) is 0 Å². The highest BCUT2D eigenvalue weighted by molar-refractivity contribution is 7.89. The van der Waals surface area contributed by atoms with E-state index in [2.05, 4.69) is 17.1 Å². The normalized spacial score (nSPS) is 19.6. The zero-order valence-electron chi connectivity index (χ0n) is 21.9. The summed E-state index contributed by atoms with van der Waals surface area (Å²) in [6.45, 7) is 7.84. The van der Waals surface area contributed by atoms with Crippen molar-refractivity contribution in [3.8, 4) is 0 Å². The second-order valence-electron chi connectivity index (χ2n) is 10.0. The summed E-state index contributed by atoms with van der Waals surface area (Å²) in [6, 6.07) is 6.12. The van der Waals surface area contributed by atoms with Gasteiger partial charge in [0.1, 0.15) is 5.00 Å². The van der Waals surface area contributed by atoms with Gasteiger partial charge in [-0.25, -0.2) is 8.42 Å². The number of thiophene rings is 1. The van der Waals surface area contributed by atoms with E-state index in [1.54, 1.807) is 21.3 Å². The SMILES string of the molecule is CCN1CCc2c(sc(NC(=O)c3ccc(S(=O)(=O)N4CCCCCC4)cc3)c2C(=O)N2CCOCC2)C1. The van der Waals surface area contributed by atoms with Gasteiger partial charge in [-0.15, -0.1) is 11.3 Å². The van der Waals surface area contributed by atoms with Gasteiger partial charge >= 0.3 is 0 Å². The summed E-state index contributed by atoms with van der Waals surface area (Å²) >= 11 is 1.47. The lowest BCUT2D eigenvalue weighted by atomic mass is 10.0. The summed E-state index contributed by atoms with van der Waals surface area (Å²) in [5, 5.41) is 3.55. The fourth-order valence-electron chi connectivity index (χ4n) is 5.35. The highest BCUT2D eigenvalue weighted by Gasteiger charge is 2.32. The third-order valence-corrected chi connectivity index (χ3v) is 10.7. The topological polar surface area (TPSA) is 99.3 Å². The maximum atomic E-state index is 13.6. The van der Waals surface area contributed by atoms with Gasteiger partial charge in [0.15, 0.2) is 0 Å². The van der Waals surface area contributed by atoms with E-state index in [1.165, 1.54) is 23.5 Å². The summed E-state index contributed by atoms with van der Waals surface area (Å²) in [5.41, 5.74) is 1.98. The second-order valence-corrected chi connectivity index (χ2v) is 13.1. The van der Waals surface area contributed by atoms with Crippen LogP contribution in [0.15, 0.2) is 29.2 Å². The Hall–Kier alpha value is -2.31. The van der Waals surface area contributed by atoms with E-state index in [0.29, 0.717) is 55.5 Å². The molecule has 0 saturated carbocycles. The molecule has 3 aliphatic heterocycles. The van der Waals surface area contributed by atoms with Crippen LogP contribution in [0.3, 0.4) is 0 Å². The standard InChI is InChI=1S/C27H36N4O5S2/c1-2-29-14-11-22-23(19-29)37-26(24(22)27(33)30-15-17-36-18-16-30)28-25(32)20-7-9-21(10-8-20)38(34,35)31-12-5-3-4-6-13-31/h7-10H,2-6,11-19H2,1H3,(H,28,32). The van der Waals surface area contributed by atoms with Crippen molar-refractivity contribution in [1.29, 1.82) is 0 Å².